The van der Waals surface area contributed by atoms with Crippen LogP contribution in [0.25, 0.3) is 0 Å². The molecule has 2 heterocycles. The molecule has 0 saturated carbocycles. The molecule has 1 N–H and O–H groups in total. The molecule has 0 aliphatic rings. The second kappa shape index (κ2) is 8.39. The summed E-state index contributed by atoms with van der Waals surface area (Å²) >= 11 is 0. The summed E-state index contributed by atoms with van der Waals surface area (Å²) in [5, 5.41) is 11.5. The topological polar surface area (TPSA) is 83.2 Å². The summed E-state index contributed by atoms with van der Waals surface area (Å²) in [6.07, 6.45) is 3.65. The van der Waals surface area contributed by atoms with Crippen LogP contribution in [0.4, 0.5) is 0 Å². The minimum Gasteiger partial charge on any atom is -0.497 e. The van der Waals surface area contributed by atoms with Crippen molar-refractivity contribution in [2.75, 3.05) is 7.11 Å². The lowest BCUT2D eigenvalue weighted by Gasteiger charge is -2.07. The van der Waals surface area contributed by atoms with Crippen LogP contribution in [-0.2, 0) is 19.8 Å². The van der Waals surface area contributed by atoms with Crippen LogP contribution < -0.4 is 14.8 Å². The maximum atomic E-state index is 12.3. The number of hydrogen-bond acceptors (Lipinski definition) is 5. The van der Waals surface area contributed by atoms with Crippen LogP contribution in [0.5, 0.6) is 11.5 Å². The van der Waals surface area contributed by atoms with E-state index in [-0.39, 0.29) is 12.6 Å². The van der Waals surface area contributed by atoms with E-state index in [0.29, 0.717) is 18.0 Å². The minimum absolute atomic E-state index is 0.210. The monoisotopic (exact) mass is 369 g/mol. The Balaban J connectivity index is 1.52. The smallest absolute Gasteiger partial charge is 0.272 e. The normalized spacial score (nSPS) is 10.6. The van der Waals surface area contributed by atoms with Crippen LogP contribution in [0.3, 0.4) is 0 Å². The second-order valence-corrected chi connectivity index (χ2v) is 5.97. The van der Waals surface area contributed by atoms with Gasteiger partial charge < -0.3 is 14.8 Å². The lowest BCUT2D eigenvalue weighted by molar-refractivity contribution is 0.0944. The average molecular weight is 369 g/mol. The lowest BCUT2D eigenvalue weighted by Crippen LogP contribution is -2.23. The lowest BCUT2D eigenvalue weighted by atomic mass is 10.2. The van der Waals surface area contributed by atoms with Crippen molar-refractivity contribution in [3.63, 3.8) is 0 Å². The first-order chi connectivity index (χ1) is 13.1. The van der Waals surface area contributed by atoms with Crippen molar-refractivity contribution in [2.24, 2.45) is 0 Å². The number of amides is 1. The van der Waals surface area contributed by atoms with Crippen molar-refractivity contribution in [1.29, 1.82) is 0 Å². The average Bonchev–Trinajstić information content (AvgIpc) is 3.31. The molecule has 0 unspecified atom stereocenters. The number of benzene rings is 1. The molecule has 8 heteroatoms. The van der Waals surface area contributed by atoms with Gasteiger partial charge in [-0.05, 0) is 44.2 Å². The highest BCUT2D eigenvalue weighted by Gasteiger charge is 2.11. The zero-order chi connectivity index (χ0) is 19.2. The molecule has 0 atom stereocenters. The second-order valence-electron chi connectivity index (χ2n) is 5.97. The number of aromatic nitrogens is 4. The third-order valence-electron chi connectivity index (χ3n) is 4.11. The van der Waals surface area contributed by atoms with Crippen LogP contribution in [0.2, 0.25) is 0 Å². The SMILES string of the molecule is CCn1cc(CNC(=O)c2ccn(COc3ccc(OC)cc3)n2)c(C)n1. The summed E-state index contributed by atoms with van der Waals surface area (Å²) in [5.41, 5.74) is 2.25. The number of methoxy groups -OCH3 is 1. The largest absolute Gasteiger partial charge is 0.497 e. The highest BCUT2D eigenvalue weighted by Crippen LogP contribution is 2.17. The predicted octanol–water partition coefficient (Wildman–Crippen LogP) is 2.38. The molecule has 0 aliphatic heterocycles. The Morgan fingerprint density at radius 1 is 1.11 bits per heavy atom. The predicted molar refractivity (Wildman–Crippen MR) is 99.7 cm³/mol. The van der Waals surface area contributed by atoms with Gasteiger partial charge in [-0.25, -0.2) is 4.68 Å². The van der Waals surface area contributed by atoms with Gasteiger partial charge in [0.05, 0.1) is 12.8 Å². The van der Waals surface area contributed by atoms with E-state index in [0.717, 1.165) is 23.6 Å². The van der Waals surface area contributed by atoms with E-state index in [2.05, 4.69) is 15.5 Å². The van der Waals surface area contributed by atoms with Gasteiger partial charge in [0.25, 0.3) is 5.91 Å². The fraction of sp³-hybridized carbons (Fsp3) is 0.316. The van der Waals surface area contributed by atoms with Crippen molar-refractivity contribution >= 4 is 5.91 Å². The highest BCUT2D eigenvalue weighted by atomic mass is 16.5. The van der Waals surface area contributed by atoms with Gasteiger partial charge in [-0.2, -0.15) is 10.2 Å². The molecule has 8 nitrogen and oxygen atoms in total. The molecule has 0 bridgehead atoms. The summed E-state index contributed by atoms with van der Waals surface area (Å²) in [4.78, 5) is 12.3. The number of rotatable bonds is 8. The van der Waals surface area contributed by atoms with Crippen LogP contribution >= 0.6 is 0 Å². The fourth-order valence-corrected chi connectivity index (χ4v) is 2.53. The number of carbonyl (C=O) groups is 1. The van der Waals surface area contributed by atoms with E-state index in [1.807, 2.05) is 49.0 Å². The maximum Gasteiger partial charge on any atom is 0.272 e. The van der Waals surface area contributed by atoms with Gasteiger partial charge in [0, 0.05) is 31.0 Å². The number of nitrogens with one attached hydrogen (secondary N) is 1. The standard InChI is InChI=1S/C19H23N5O3/c1-4-23-12-15(14(2)21-23)11-20-19(25)18-9-10-24(22-18)13-27-17-7-5-16(26-3)6-8-17/h5-10,12H,4,11,13H2,1-3H3,(H,20,25). The molecule has 0 spiro atoms. The third kappa shape index (κ3) is 4.66. The first kappa shape index (κ1) is 18.5. The Labute approximate surface area is 157 Å². The molecule has 0 radical (unpaired) electrons. The Hall–Kier alpha value is -3.29. The highest BCUT2D eigenvalue weighted by molar-refractivity contribution is 5.92. The molecule has 0 aliphatic carbocycles. The van der Waals surface area contributed by atoms with Crippen LogP contribution in [0.1, 0.15) is 28.7 Å². The van der Waals surface area contributed by atoms with Gasteiger partial charge >= 0.3 is 0 Å². The molecule has 142 valence electrons. The number of hydrogen-bond donors (Lipinski definition) is 1. The van der Waals surface area contributed by atoms with Crippen molar-refractivity contribution in [2.45, 2.75) is 33.7 Å². The number of nitrogens with zero attached hydrogens (tertiary/aromatic N) is 4. The quantitative estimate of drug-likeness (QED) is 0.659. The van der Waals surface area contributed by atoms with Gasteiger partial charge in [0.15, 0.2) is 6.73 Å². The maximum absolute atomic E-state index is 12.3. The summed E-state index contributed by atoms with van der Waals surface area (Å²) in [5.74, 6) is 1.22. The molecule has 1 amide bonds. The van der Waals surface area contributed by atoms with Crippen LogP contribution in [0, 0.1) is 6.92 Å². The van der Waals surface area contributed by atoms with E-state index in [1.54, 1.807) is 24.1 Å². The van der Waals surface area contributed by atoms with Crippen molar-refractivity contribution in [3.8, 4) is 11.5 Å². The summed E-state index contributed by atoms with van der Waals surface area (Å²) < 4.78 is 14.2. The first-order valence-electron chi connectivity index (χ1n) is 8.70. The Bertz CT molecular complexity index is 898. The molecule has 0 saturated heterocycles. The molecule has 1 aromatic carbocycles. The molecule has 3 aromatic rings. The first-order valence-corrected chi connectivity index (χ1v) is 8.70. The van der Waals surface area contributed by atoms with Crippen LogP contribution in [0.15, 0.2) is 42.7 Å². The molecule has 27 heavy (non-hydrogen) atoms. The van der Waals surface area contributed by atoms with Gasteiger partial charge in [-0.1, -0.05) is 0 Å². The molecule has 0 fully saturated rings. The number of carbonyl (C=O) groups excluding carboxylic acids is 1. The Morgan fingerprint density at radius 3 is 2.52 bits per heavy atom. The van der Waals surface area contributed by atoms with E-state index in [4.69, 9.17) is 9.47 Å². The van der Waals surface area contributed by atoms with Gasteiger partial charge in [-0.3, -0.25) is 9.48 Å². The fourth-order valence-electron chi connectivity index (χ4n) is 2.53. The van der Waals surface area contributed by atoms with E-state index < -0.39 is 0 Å². The van der Waals surface area contributed by atoms with E-state index in [9.17, 15) is 4.79 Å². The molecule has 3 rings (SSSR count). The van der Waals surface area contributed by atoms with Crippen molar-refractivity contribution in [3.05, 3.63) is 59.7 Å². The Kier molecular flexibility index (Phi) is 5.75. The Morgan fingerprint density at radius 2 is 1.85 bits per heavy atom. The van der Waals surface area contributed by atoms with Gasteiger partial charge in [0.1, 0.15) is 17.2 Å². The summed E-state index contributed by atoms with van der Waals surface area (Å²) in [7, 11) is 1.61. The van der Waals surface area contributed by atoms with Gasteiger partial charge in [0.2, 0.25) is 0 Å². The van der Waals surface area contributed by atoms with E-state index in [1.165, 1.54) is 0 Å². The van der Waals surface area contributed by atoms with Crippen molar-refractivity contribution in [1.82, 2.24) is 24.9 Å². The minimum atomic E-state index is -0.234. The summed E-state index contributed by atoms with van der Waals surface area (Å²) in [6.45, 7) is 5.38. The zero-order valence-electron chi connectivity index (χ0n) is 15.7. The van der Waals surface area contributed by atoms with E-state index >= 15 is 0 Å². The number of aryl methyl sites for hydroxylation is 2. The third-order valence-corrected chi connectivity index (χ3v) is 4.11. The van der Waals surface area contributed by atoms with Crippen LogP contribution in [-0.4, -0.2) is 32.6 Å². The number of ether oxygens (including phenoxy) is 2. The van der Waals surface area contributed by atoms with Crippen molar-refractivity contribution < 1.29 is 14.3 Å². The van der Waals surface area contributed by atoms with Gasteiger partial charge in [-0.15, -0.1) is 0 Å². The molecular formula is C19H23N5O3. The summed E-state index contributed by atoms with van der Waals surface area (Å²) in [6, 6.07) is 8.93. The zero-order valence-corrected chi connectivity index (χ0v) is 15.7. The molecular weight excluding hydrogens is 346 g/mol. The molecule has 2 aromatic heterocycles.